The summed E-state index contributed by atoms with van der Waals surface area (Å²) in [6, 6.07) is 7.73. The number of rotatable bonds is 7. The summed E-state index contributed by atoms with van der Waals surface area (Å²) in [5, 5.41) is 17.9. The molecule has 3 heterocycles. The first-order chi connectivity index (χ1) is 18.8. The molecule has 0 saturated carbocycles. The van der Waals surface area contributed by atoms with Gasteiger partial charge in [0.1, 0.15) is 16.7 Å². The monoisotopic (exact) mass is 574 g/mol. The molecule has 5 rings (SSSR count). The van der Waals surface area contributed by atoms with Crippen molar-refractivity contribution in [1.82, 2.24) is 15.2 Å². The number of nitrogens with one attached hydrogen (secondary N) is 2. The molecule has 0 spiro atoms. The van der Waals surface area contributed by atoms with Crippen LogP contribution in [0.5, 0.6) is 0 Å². The first kappa shape index (κ1) is 28.5. The van der Waals surface area contributed by atoms with Gasteiger partial charge in [-0.1, -0.05) is 19.1 Å². The summed E-state index contributed by atoms with van der Waals surface area (Å²) in [5.41, 5.74) is 3.08. The average molecular weight is 575 g/mol. The Bertz CT molecular complexity index is 1540. The number of amides is 1. The molecule has 1 amide bonds. The topological polar surface area (TPSA) is 104 Å². The van der Waals surface area contributed by atoms with E-state index in [1.165, 1.54) is 23.5 Å². The fraction of sp³-hybridized carbons (Fsp3) is 0.483. The van der Waals surface area contributed by atoms with E-state index in [1.807, 2.05) is 17.7 Å². The second kappa shape index (κ2) is 10.4. The van der Waals surface area contributed by atoms with Crippen LogP contribution < -0.4 is 14.9 Å². The minimum atomic E-state index is -3.75. The highest BCUT2D eigenvalue weighted by molar-refractivity contribution is 7.94. The van der Waals surface area contributed by atoms with Crippen LogP contribution in [0.3, 0.4) is 0 Å². The minimum absolute atomic E-state index is 0.110. The Kier molecular flexibility index (Phi) is 7.43. The van der Waals surface area contributed by atoms with Crippen molar-refractivity contribution in [2.24, 2.45) is 0 Å². The highest BCUT2D eigenvalue weighted by Crippen LogP contribution is 2.40. The lowest BCUT2D eigenvalue weighted by Gasteiger charge is -2.29. The third-order valence-corrected chi connectivity index (χ3v) is 10.7. The maximum atomic E-state index is 13.9. The fourth-order valence-electron chi connectivity index (χ4n) is 5.90. The zero-order valence-electron chi connectivity index (χ0n) is 23.1. The molecule has 0 unspecified atom stereocenters. The van der Waals surface area contributed by atoms with E-state index in [1.54, 1.807) is 38.1 Å². The molecule has 40 heavy (non-hydrogen) atoms. The molecule has 8 nitrogen and oxygen atoms in total. The molecule has 4 atom stereocenters. The zero-order chi connectivity index (χ0) is 29.0. The van der Waals surface area contributed by atoms with Crippen LogP contribution in [-0.4, -0.2) is 66.7 Å². The van der Waals surface area contributed by atoms with Crippen molar-refractivity contribution < 1.29 is 27.1 Å². The molecule has 1 fully saturated rings. The van der Waals surface area contributed by atoms with E-state index in [0.717, 1.165) is 16.5 Å². The molecule has 0 radical (unpaired) electrons. The van der Waals surface area contributed by atoms with E-state index in [0.29, 0.717) is 17.7 Å². The van der Waals surface area contributed by atoms with Crippen LogP contribution in [0.25, 0.3) is 10.9 Å². The number of benzene rings is 2. The number of carbonyl (C=O) groups is 1. The van der Waals surface area contributed by atoms with Crippen LogP contribution in [0.2, 0.25) is 0 Å². The number of aliphatic hydroxyl groups is 1. The Hall–Kier alpha value is -3.02. The standard InChI is InChI=1S/C29H36F2N4O4S/c1-5-18-15-35-16-29(2,3)40(38,39)34(4)25-12-19(11-22(18)26(25)35)28(37)33-24(10-17-6-8-20(30)9-7-17)27(36)23-13-21(31)14-32-23/h6-9,11-12,15,21,23-24,27,32,36H,5,10,13-14,16H2,1-4H3,(H,33,37)/t21-,23+,24-,27+/m0/s1. The van der Waals surface area contributed by atoms with E-state index in [4.69, 9.17) is 0 Å². The maximum Gasteiger partial charge on any atom is 0.251 e. The Balaban J connectivity index is 1.53. The van der Waals surface area contributed by atoms with Gasteiger partial charge < -0.3 is 20.3 Å². The number of aryl methyl sites for hydroxylation is 1. The quantitative estimate of drug-likeness (QED) is 0.402. The molecule has 0 bridgehead atoms. The zero-order valence-corrected chi connectivity index (χ0v) is 23.9. The van der Waals surface area contributed by atoms with Crippen LogP contribution >= 0.6 is 0 Å². The third kappa shape index (κ3) is 4.99. The highest BCUT2D eigenvalue weighted by Gasteiger charge is 2.42. The van der Waals surface area contributed by atoms with Gasteiger partial charge in [0.05, 0.1) is 23.3 Å². The van der Waals surface area contributed by atoms with E-state index in [2.05, 4.69) is 10.6 Å². The van der Waals surface area contributed by atoms with Crippen LogP contribution in [0, 0.1) is 5.82 Å². The van der Waals surface area contributed by atoms with Gasteiger partial charge in [0.2, 0.25) is 10.0 Å². The van der Waals surface area contributed by atoms with Crippen LogP contribution in [0.4, 0.5) is 14.5 Å². The summed E-state index contributed by atoms with van der Waals surface area (Å²) in [6.07, 6.45) is 0.729. The average Bonchev–Trinajstić information content (AvgIpc) is 3.49. The van der Waals surface area contributed by atoms with Gasteiger partial charge >= 0.3 is 0 Å². The van der Waals surface area contributed by atoms with Gasteiger partial charge in [-0.25, -0.2) is 17.2 Å². The van der Waals surface area contributed by atoms with Gasteiger partial charge in [-0.3, -0.25) is 9.10 Å². The molecular weight excluding hydrogens is 538 g/mol. The summed E-state index contributed by atoms with van der Waals surface area (Å²) in [4.78, 5) is 13.7. The molecule has 1 saturated heterocycles. The molecule has 3 N–H and O–H groups in total. The molecule has 2 aliphatic heterocycles. The smallest absolute Gasteiger partial charge is 0.251 e. The summed E-state index contributed by atoms with van der Waals surface area (Å²) in [5.74, 6) is -0.898. The molecule has 3 aromatic rings. The molecular formula is C29H36F2N4O4S. The van der Waals surface area contributed by atoms with Gasteiger partial charge in [0.15, 0.2) is 0 Å². The fourth-order valence-corrected chi connectivity index (χ4v) is 7.34. The molecule has 2 aromatic carbocycles. The van der Waals surface area contributed by atoms with Crippen molar-refractivity contribution in [3.8, 4) is 0 Å². The normalized spacial score (nSPS) is 23.1. The van der Waals surface area contributed by atoms with Gasteiger partial charge in [0, 0.05) is 43.3 Å². The van der Waals surface area contributed by atoms with Crippen LogP contribution in [0.15, 0.2) is 42.6 Å². The lowest BCUT2D eigenvalue weighted by molar-refractivity contribution is 0.0729. The lowest BCUT2D eigenvalue weighted by Crippen LogP contribution is -2.52. The number of hydrogen-bond acceptors (Lipinski definition) is 5. The van der Waals surface area contributed by atoms with Crippen molar-refractivity contribution in [2.45, 2.75) is 75.7 Å². The van der Waals surface area contributed by atoms with Crippen LogP contribution in [0.1, 0.15) is 48.7 Å². The number of anilines is 1. The number of alkyl halides is 1. The second-order valence-electron chi connectivity index (χ2n) is 11.5. The van der Waals surface area contributed by atoms with E-state index < -0.39 is 50.9 Å². The molecule has 216 valence electrons. The van der Waals surface area contributed by atoms with Crippen LogP contribution in [-0.2, 0) is 29.4 Å². The summed E-state index contributed by atoms with van der Waals surface area (Å²) in [7, 11) is -2.25. The molecule has 0 aliphatic carbocycles. The number of hydrogen-bond donors (Lipinski definition) is 3. The van der Waals surface area contributed by atoms with Crippen molar-refractivity contribution in [1.29, 1.82) is 0 Å². The predicted octanol–water partition coefficient (Wildman–Crippen LogP) is 3.30. The summed E-state index contributed by atoms with van der Waals surface area (Å²) in [6.45, 7) is 5.77. The van der Waals surface area contributed by atoms with E-state index in [-0.39, 0.29) is 31.5 Å². The maximum absolute atomic E-state index is 13.9. The Morgan fingerprint density at radius 2 is 1.95 bits per heavy atom. The van der Waals surface area contributed by atoms with Gasteiger partial charge in [-0.15, -0.1) is 0 Å². The molecule has 11 heteroatoms. The SMILES string of the molecule is CCc1cn2c3c(cc(C(=O)N[C@@H](Cc4ccc(F)cc4)[C@H](O)[C@H]4C[C@H](F)CN4)cc13)N(C)S(=O)(=O)C(C)(C)C2. The van der Waals surface area contributed by atoms with E-state index in [9.17, 15) is 27.1 Å². The Morgan fingerprint density at radius 1 is 1.25 bits per heavy atom. The summed E-state index contributed by atoms with van der Waals surface area (Å²) >= 11 is 0. The highest BCUT2D eigenvalue weighted by atomic mass is 32.2. The molecule has 2 aliphatic rings. The number of sulfonamides is 1. The Morgan fingerprint density at radius 3 is 2.58 bits per heavy atom. The summed E-state index contributed by atoms with van der Waals surface area (Å²) < 4.78 is 56.5. The van der Waals surface area contributed by atoms with Crippen molar-refractivity contribution in [3.63, 3.8) is 0 Å². The first-order valence-corrected chi connectivity index (χ1v) is 15.0. The van der Waals surface area contributed by atoms with Crippen molar-refractivity contribution in [2.75, 3.05) is 17.9 Å². The predicted molar refractivity (Wildman–Crippen MR) is 151 cm³/mol. The van der Waals surface area contributed by atoms with Gasteiger partial charge in [0.25, 0.3) is 5.91 Å². The van der Waals surface area contributed by atoms with E-state index >= 15 is 0 Å². The number of nitrogens with zero attached hydrogens (tertiary/aromatic N) is 2. The largest absolute Gasteiger partial charge is 0.389 e. The number of halogens is 2. The minimum Gasteiger partial charge on any atom is -0.389 e. The number of aliphatic hydroxyl groups excluding tert-OH is 1. The molecule has 1 aromatic heterocycles. The Labute approximate surface area is 233 Å². The van der Waals surface area contributed by atoms with Crippen molar-refractivity contribution >= 4 is 32.5 Å². The first-order valence-electron chi connectivity index (χ1n) is 13.6. The van der Waals surface area contributed by atoms with Crippen molar-refractivity contribution in [3.05, 3.63) is 65.1 Å². The number of carbonyl (C=O) groups excluding carboxylic acids is 1. The number of aromatic nitrogens is 1. The van der Waals surface area contributed by atoms with Gasteiger partial charge in [-0.2, -0.15) is 0 Å². The lowest BCUT2D eigenvalue weighted by atomic mass is 9.94. The second-order valence-corrected chi connectivity index (χ2v) is 14.1. The third-order valence-electron chi connectivity index (χ3n) is 8.25. The van der Waals surface area contributed by atoms with Gasteiger partial charge in [-0.05, 0) is 68.5 Å².